The fourth-order valence-electron chi connectivity index (χ4n) is 3.73. The van der Waals surface area contributed by atoms with Gasteiger partial charge in [0.05, 0.1) is 7.11 Å². The van der Waals surface area contributed by atoms with E-state index in [2.05, 4.69) is 28.9 Å². The van der Waals surface area contributed by atoms with Crippen LogP contribution in [-0.4, -0.2) is 79.0 Å². The molecule has 1 aromatic rings. The highest BCUT2D eigenvalue weighted by molar-refractivity contribution is 7.99. The van der Waals surface area contributed by atoms with Crippen molar-refractivity contribution in [2.45, 2.75) is 32.4 Å². The SMILES string of the molecule is COc1cc(CN2CCC(C)CC2)ccc1OC[C@@H](O)CN1CCSCC1. The minimum atomic E-state index is -0.479. The molecule has 1 N–H and O–H groups in total. The molecule has 0 radical (unpaired) electrons. The third-order valence-electron chi connectivity index (χ3n) is 5.51. The highest BCUT2D eigenvalue weighted by Gasteiger charge is 2.18. The van der Waals surface area contributed by atoms with Gasteiger partial charge in [0.2, 0.25) is 0 Å². The number of thioether (sulfide) groups is 1. The summed E-state index contributed by atoms with van der Waals surface area (Å²) in [4.78, 5) is 4.82. The Hall–Kier alpha value is -0.950. The van der Waals surface area contributed by atoms with Crippen LogP contribution in [0.4, 0.5) is 0 Å². The van der Waals surface area contributed by atoms with E-state index in [-0.39, 0.29) is 0 Å². The van der Waals surface area contributed by atoms with Gasteiger partial charge >= 0.3 is 0 Å². The van der Waals surface area contributed by atoms with Crippen LogP contribution in [0.15, 0.2) is 18.2 Å². The topological polar surface area (TPSA) is 45.2 Å². The number of nitrogens with zero attached hydrogens (tertiary/aromatic N) is 2. The molecular formula is C21H34N2O3S. The van der Waals surface area contributed by atoms with Gasteiger partial charge in [0.15, 0.2) is 11.5 Å². The van der Waals surface area contributed by atoms with Crippen LogP contribution < -0.4 is 9.47 Å². The largest absolute Gasteiger partial charge is 0.493 e. The third kappa shape index (κ3) is 6.56. The molecule has 0 aromatic heterocycles. The molecule has 152 valence electrons. The van der Waals surface area contributed by atoms with Gasteiger partial charge in [0.1, 0.15) is 12.7 Å². The molecule has 2 aliphatic heterocycles. The molecule has 0 saturated carbocycles. The van der Waals surface area contributed by atoms with Crippen molar-refractivity contribution < 1.29 is 14.6 Å². The summed E-state index contributed by atoms with van der Waals surface area (Å²) in [5.74, 6) is 4.61. The zero-order chi connectivity index (χ0) is 19.1. The molecular weight excluding hydrogens is 360 g/mol. The van der Waals surface area contributed by atoms with Crippen LogP contribution in [0.25, 0.3) is 0 Å². The summed E-state index contributed by atoms with van der Waals surface area (Å²) in [6.45, 7) is 8.71. The lowest BCUT2D eigenvalue weighted by Gasteiger charge is -2.30. The number of ether oxygens (including phenoxy) is 2. The van der Waals surface area contributed by atoms with Crippen molar-refractivity contribution in [3.05, 3.63) is 23.8 Å². The van der Waals surface area contributed by atoms with Gasteiger partial charge in [0.25, 0.3) is 0 Å². The van der Waals surface area contributed by atoms with Crippen LogP contribution in [0.2, 0.25) is 0 Å². The number of likely N-dealkylation sites (tertiary alicyclic amines) is 1. The quantitative estimate of drug-likeness (QED) is 0.731. The van der Waals surface area contributed by atoms with Gasteiger partial charge in [-0.15, -0.1) is 0 Å². The van der Waals surface area contributed by atoms with Crippen molar-refractivity contribution in [2.24, 2.45) is 5.92 Å². The van der Waals surface area contributed by atoms with Crippen LogP contribution in [0, 0.1) is 5.92 Å². The number of hydrogen-bond acceptors (Lipinski definition) is 6. The summed E-state index contributed by atoms with van der Waals surface area (Å²) < 4.78 is 11.4. The summed E-state index contributed by atoms with van der Waals surface area (Å²) in [6.07, 6.45) is 2.09. The lowest BCUT2D eigenvalue weighted by Crippen LogP contribution is -2.40. The summed E-state index contributed by atoms with van der Waals surface area (Å²) in [6, 6.07) is 6.16. The molecule has 2 heterocycles. The summed E-state index contributed by atoms with van der Waals surface area (Å²) in [5.41, 5.74) is 1.25. The van der Waals surface area contributed by atoms with E-state index in [0.717, 1.165) is 42.8 Å². The second-order valence-electron chi connectivity index (χ2n) is 7.82. The van der Waals surface area contributed by atoms with Crippen LogP contribution in [0.5, 0.6) is 11.5 Å². The molecule has 0 aliphatic carbocycles. The first-order valence-corrected chi connectivity index (χ1v) is 11.3. The second kappa shape index (κ2) is 10.6. The smallest absolute Gasteiger partial charge is 0.161 e. The first kappa shape index (κ1) is 20.8. The van der Waals surface area contributed by atoms with Gasteiger partial charge in [-0.3, -0.25) is 9.80 Å². The normalized spacial score (nSPS) is 21.1. The maximum atomic E-state index is 10.3. The van der Waals surface area contributed by atoms with Crippen molar-refractivity contribution in [3.63, 3.8) is 0 Å². The van der Waals surface area contributed by atoms with Crippen LogP contribution in [-0.2, 0) is 6.54 Å². The van der Waals surface area contributed by atoms with E-state index in [4.69, 9.17) is 9.47 Å². The number of hydrogen-bond donors (Lipinski definition) is 1. The summed E-state index contributed by atoms with van der Waals surface area (Å²) in [7, 11) is 1.68. The molecule has 1 atom stereocenters. The Balaban J connectivity index is 1.49. The van der Waals surface area contributed by atoms with Crippen molar-refractivity contribution in [1.82, 2.24) is 9.80 Å². The van der Waals surface area contributed by atoms with Crippen molar-refractivity contribution >= 4 is 11.8 Å². The molecule has 5 nitrogen and oxygen atoms in total. The minimum absolute atomic E-state index is 0.295. The second-order valence-corrected chi connectivity index (χ2v) is 9.05. The van der Waals surface area contributed by atoms with Gasteiger partial charge in [-0.2, -0.15) is 11.8 Å². The zero-order valence-corrected chi connectivity index (χ0v) is 17.5. The molecule has 0 unspecified atom stereocenters. The molecule has 2 saturated heterocycles. The monoisotopic (exact) mass is 394 g/mol. The fraction of sp³-hybridized carbons (Fsp3) is 0.714. The highest BCUT2D eigenvalue weighted by Crippen LogP contribution is 2.29. The number of rotatable bonds is 8. The number of β-amino-alcohol motifs (C(OH)–C–C–N with tert-alkyl or cyclic N) is 1. The molecule has 1 aromatic carbocycles. The van der Waals surface area contributed by atoms with E-state index in [1.807, 2.05) is 17.8 Å². The van der Waals surface area contributed by atoms with Gasteiger partial charge in [-0.1, -0.05) is 13.0 Å². The first-order valence-electron chi connectivity index (χ1n) is 10.1. The van der Waals surface area contributed by atoms with Crippen molar-refractivity contribution in [3.8, 4) is 11.5 Å². The molecule has 0 spiro atoms. The number of methoxy groups -OCH3 is 1. The van der Waals surface area contributed by atoms with Crippen LogP contribution >= 0.6 is 11.8 Å². The Kier molecular flexibility index (Phi) is 8.12. The van der Waals surface area contributed by atoms with Crippen molar-refractivity contribution in [1.29, 1.82) is 0 Å². The maximum Gasteiger partial charge on any atom is 0.161 e. The number of piperidine rings is 1. The first-order chi connectivity index (χ1) is 13.1. The summed E-state index contributed by atoms with van der Waals surface area (Å²) >= 11 is 1.98. The van der Waals surface area contributed by atoms with E-state index in [1.54, 1.807) is 7.11 Å². The Labute approximate surface area is 168 Å². The number of aliphatic hydroxyl groups is 1. The van der Waals surface area contributed by atoms with Gasteiger partial charge < -0.3 is 14.6 Å². The molecule has 3 rings (SSSR count). The number of aliphatic hydroxyl groups excluding tert-OH is 1. The van der Waals surface area contributed by atoms with E-state index in [9.17, 15) is 5.11 Å². The predicted molar refractivity (Wildman–Crippen MR) is 112 cm³/mol. The van der Waals surface area contributed by atoms with Crippen LogP contribution in [0.3, 0.4) is 0 Å². The molecule has 2 aliphatic rings. The lowest BCUT2D eigenvalue weighted by atomic mass is 9.99. The third-order valence-corrected chi connectivity index (χ3v) is 6.46. The molecule has 2 fully saturated rings. The Morgan fingerprint density at radius 2 is 1.85 bits per heavy atom. The average Bonchev–Trinajstić information content (AvgIpc) is 2.69. The molecule has 6 heteroatoms. The molecule has 27 heavy (non-hydrogen) atoms. The highest BCUT2D eigenvalue weighted by atomic mass is 32.2. The van der Waals surface area contributed by atoms with Crippen molar-refractivity contribution in [2.75, 3.05) is 57.9 Å². The van der Waals surface area contributed by atoms with E-state index < -0.39 is 6.10 Å². The lowest BCUT2D eigenvalue weighted by molar-refractivity contribution is 0.0704. The predicted octanol–water partition coefficient (Wildman–Crippen LogP) is 2.72. The standard InChI is InChI=1S/C21H34N2O3S/c1-17-5-7-22(8-6-17)14-18-3-4-20(21(13-18)25-2)26-16-19(24)15-23-9-11-27-12-10-23/h3-4,13,17,19,24H,5-12,14-16H2,1-2H3/t19-/m0/s1. The Morgan fingerprint density at radius 3 is 2.56 bits per heavy atom. The molecule has 0 amide bonds. The van der Waals surface area contributed by atoms with Gasteiger partial charge in [-0.05, 0) is 49.5 Å². The molecule has 0 bridgehead atoms. The average molecular weight is 395 g/mol. The minimum Gasteiger partial charge on any atom is -0.493 e. The number of benzene rings is 1. The maximum absolute atomic E-state index is 10.3. The van der Waals surface area contributed by atoms with E-state index >= 15 is 0 Å². The van der Waals surface area contributed by atoms with Gasteiger partial charge in [-0.25, -0.2) is 0 Å². The van der Waals surface area contributed by atoms with E-state index in [1.165, 1.54) is 31.5 Å². The zero-order valence-electron chi connectivity index (χ0n) is 16.7. The fourth-order valence-corrected chi connectivity index (χ4v) is 4.71. The van der Waals surface area contributed by atoms with Crippen LogP contribution in [0.1, 0.15) is 25.3 Å². The van der Waals surface area contributed by atoms with Gasteiger partial charge in [0, 0.05) is 37.7 Å². The Bertz CT molecular complexity index is 573. The summed E-state index contributed by atoms with van der Waals surface area (Å²) in [5, 5.41) is 10.3. The Morgan fingerprint density at radius 1 is 1.11 bits per heavy atom. The van der Waals surface area contributed by atoms with E-state index in [0.29, 0.717) is 18.9 Å².